The zero-order chi connectivity index (χ0) is 16.4. The number of hydrogen-bond donors (Lipinski definition) is 3. The van der Waals surface area contributed by atoms with Crippen LogP contribution in [0.2, 0.25) is 0 Å². The van der Waals surface area contributed by atoms with E-state index in [0.29, 0.717) is 17.8 Å². The SMILES string of the molecule is CCCCn1c2c(c(=O)[nH]c1=O)C(c1ccccn1)NC(=O)N2. The first kappa shape index (κ1) is 15.0. The van der Waals surface area contributed by atoms with Crippen LogP contribution in [0.1, 0.15) is 37.1 Å². The van der Waals surface area contributed by atoms with Gasteiger partial charge in [0.05, 0.1) is 11.3 Å². The molecule has 0 saturated carbocycles. The summed E-state index contributed by atoms with van der Waals surface area (Å²) in [6, 6.07) is 4.08. The molecule has 3 N–H and O–H groups in total. The normalized spacial score (nSPS) is 16.4. The van der Waals surface area contributed by atoms with E-state index in [1.54, 1.807) is 24.4 Å². The minimum atomic E-state index is -0.697. The number of H-pyrrole nitrogens is 1. The lowest BCUT2D eigenvalue weighted by Crippen LogP contribution is -2.47. The highest BCUT2D eigenvalue weighted by atomic mass is 16.2. The Morgan fingerprint density at radius 3 is 2.78 bits per heavy atom. The van der Waals surface area contributed by atoms with Gasteiger partial charge in [-0.2, -0.15) is 0 Å². The van der Waals surface area contributed by atoms with Crippen LogP contribution in [0, 0.1) is 0 Å². The van der Waals surface area contributed by atoms with Gasteiger partial charge >= 0.3 is 11.7 Å². The Labute approximate surface area is 131 Å². The van der Waals surface area contributed by atoms with Crippen molar-refractivity contribution in [2.75, 3.05) is 5.32 Å². The van der Waals surface area contributed by atoms with Crippen molar-refractivity contribution in [3.05, 3.63) is 56.5 Å². The van der Waals surface area contributed by atoms with Crippen LogP contribution in [-0.4, -0.2) is 20.6 Å². The summed E-state index contributed by atoms with van der Waals surface area (Å²) in [4.78, 5) is 42.9. The smallest absolute Gasteiger partial charge is 0.325 e. The summed E-state index contributed by atoms with van der Waals surface area (Å²) in [5.41, 5.74) is -0.223. The van der Waals surface area contributed by atoms with Gasteiger partial charge in [-0.25, -0.2) is 9.59 Å². The molecule has 0 aliphatic carbocycles. The van der Waals surface area contributed by atoms with Crippen molar-refractivity contribution in [2.45, 2.75) is 32.4 Å². The highest BCUT2D eigenvalue weighted by molar-refractivity contribution is 5.92. The van der Waals surface area contributed by atoms with E-state index in [4.69, 9.17) is 0 Å². The summed E-state index contributed by atoms with van der Waals surface area (Å²) in [6.07, 6.45) is 3.23. The van der Waals surface area contributed by atoms with Crippen LogP contribution in [0.4, 0.5) is 10.6 Å². The van der Waals surface area contributed by atoms with E-state index in [2.05, 4.69) is 20.6 Å². The van der Waals surface area contributed by atoms with Gasteiger partial charge in [0, 0.05) is 12.7 Å². The van der Waals surface area contributed by atoms with E-state index in [1.807, 2.05) is 6.92 Å². The van der Waals surface area contributed by atoms with E-state index in [-0.39, 0.29) is 5.82 Å². The van der Waals surface area contributed by atoms with Gasteiger partial charge in [-0.3, -0.25) is 24.6 Å². The van der Waals surface area contributed by atoms with Gasteiger partial charge in [-0.15, -0.1) is 0 Å². The van der Waals surface area contributed by atoms with Gasteiger partial charge in [0.2, 0.25) is 0 Å². The number of pyridine rings is 1. The second kappa shape index (κ2) is 6.07. The molecular formula is C15H17N5O3. The van der Waals surface area contributed by atoms with E-state index < -0.39 is 23.3 Å². The minimum absolute atomic E-state index is 0.242. The number of fused-ring (bicyclic) bond motifs is 1. The predicted octanol–water partition coefficient (Wildman–Crippen LogP) is 0.956. The number of rotatable bonds is 4. The monoisotopic (exact) mass is 315 g/mol. The molecule has 2 amide bonds. The van der Waals surface area contributed by atoms with Gasteiger partial charge in [0.25, 0.3) is 5.56 Å². The first-order valence-corrected chi connectivity index (χ1v) is 7.47. The summed E-state index contributed by atoms with van der Waals surface area (Å²) in [6.45, 7) is 2.42. The summed E-state index contributed by atoms with van der Waals surface area (Å²) in [5, 5.41) is 5.27. The molecule has 1 atom stereocenters. The van der Waals surface area contributed by atoms with Crippen LogP contribution >= 0.6 is 0 Å². The number of carbonyl (C=O) groups excluding carboxylic acids is 1. The van der Waals surface area contributed by atoms with Gasteiger partial charge in [0.15, 0.2) is 0 Å². The Kier molecular flexibility index (Phi) is 3.96. The van der Waals surface area contributed by atoms with Gasteiger partial charge < -0.3 is 5.32 Å². The highest BCUT2D eigenvalue weighted by Gasteiger charge is 2.31. The van der Waals surface area contributed by atoms with Crippen molar-refractivity contribution >= 4 is 11.8 Å². The molecule has 2 aromatic heterocycles. The number of carbonyl (C=O) groups is 1. The summed E-state index contributed by atoms with van der Waals surface area (Å²) in [7, 11) is 0. The summed E-state index contributed by atoms with van der Waals surface area (Å²) in [5.74, 6) is 0.242. The average Bonchev–Trinajstić information content (AvgIpc) is 2.54. The fourth-order valence-electron chi connectivity index (χ4n) is 2.63. The highest BCUT2D eigenvalue weighted by Crippen LogP contribution is 2.27. The van der Waals surface area contributed by atoms with E-state index in [1.165, 1.54) is 4.57 Å². The second-order valence-electron chi connectivity index (χ2n) is 5.31. The average molecular weight is 315 g/mol. The molecule has 0 saturated heterocycles. The number of nitrogens with one attached hydrogen (secondary N) is 3. The summed E-state index contributed by atoms with van der Waals surface area (Å²) < 4.78 is 1.40. The zero-order valence-electron chi connectivity index (χ0n) is 12.6. The second-order valence-corrected chi connectivity index (χ2v) is 5.31. The summed E-state index contributed by atoms with van der Waals surface area (Å²) >= 11 is 0. The molecule has 1 aliphatic rings. The number of amides is 2. The Balaban J connectivity index is 2.20. The molecule has 0 fully saturated rings. The molecule has 23 heavy (non-hydrogen) atoms. The Morgan fingerprint density at radius 2 is 2.09 bits per heavy atom. The lowest BCUT2D eigenvalue weighted by Gasteiger charge is -2.27. The van der Waals surface area contributed by atoms with Crippen LogP contribution in [0.5, 0.6) is 0 Å². The van der Waals surface area contributed by atoms with E-state index in [0.717, 1.165) is 12.8 Å². The molecule has 2 aromatic rings. The Morgan fingerprint density at radius 1 is 1.26 bits per heavy atom. The lowest BCUT2D eigenvalue weighted by molar-refractivity contribution is 0.248. The Hall–Kier alpha value is -2.90. The van der Waals surface area contributed by atoms with E-state index >= 15 is 0 Å². The largest absolute Gasteiger partial charge is 0.329 e. The van der Waals surface area contributed by atoms with Gasteiger partial charge in [-0.05, 0) is 18.6 Å². The van der Waals surface area contributed by atoms with Crippen LogP contribution in [-0.2, 0) is 6.54 Å². The maximum Gasteiger partial charge on any atom is 0.329 e. The van der Waals surface area contributed by atoms with Crippen LogP contribution in [0.25, 0.3) is 0 Å². The molecule has 0 radical (unpaired) electrons. The molecular weight excluding hydrogens is 298 g/mol. The van der Waals surface area contributed by atoms with E-state index in [9.17, 15) is 14.4 Å². The van der Waals surface area contributed by atoms with Crippen molar-refractivity contribution < 1.29 is 4.79 Å². The van der Waals surface area contributed by atoms with Gasteiger partial charge in [-0.1, -0.05) is 19.4 Å². The molecule has 0 aromatic carbocycles. The number of aromatic nitrogens is 3. The number of unbranched alkanes of at least 4 members (excludes halogenated alkanes) is 1. The predicted molar refractivity (Wildman–Crippen MR) is 84.5 cm³/mol. The lowest BCUT2D eigenvalue weighted by atomic mass is 10.0. The topological polar surface area (TPSA) is 109 Å². The molecule has 0 spiro atoms. The molecule has 3 rings (SSSR count). The maximum absolute atomic E-state index is 12.3. The Bertz CT molecular complexity index is 840. The third-order valence-electron chi connectivity index (χ3n) is 3.75. The van der Waals surface area contributed by atoms with Crippen LogP contribution in [0.15, 0.2) is 34.0 Å². The minimum Gasteiger partial charge on any atom is -0.325 e. The van der Waals surface area contributed by atoms with Crippen molar-refractivity contribution in [3.63, 3.8) is 0 Å². The molecule has 1 aliphatic heterocycles. The molecule has 8 nitrogen and oxygen atoms in total. The molecule has 1 unspecified atom stereocenters. The molecule has 0 bridgehead atoms. The zero-order valence-corrected chi connectivity index (χ0v) is 12.6. The number of urea groups is 1. The van der Waals surface area contributed by atoms with Crippen molar-refractivity contribution in [1.82, 2.24) is 19.9 Å². The third-order valence-corrected chi connectivity index (χ3v) is 3.75. The molecule has 120 valence electrons. The number of anilines is 1. The van der Waals surface area contributed by atoms with Crippen LogP contribution in [0.3, 0.4) is 0 Å². The first-order chi connectivity index (χ1) is 11.1. The third kappa shape index (κ3) is 2.75. The van der Waals surface area contributed by atoms with Crippen LogP contribution < -0.4 is 21.9 Å². The number of nitrogens with zero attached hydrogens (tertiary/aromatic N) is 2. The van der Waals surface area contributed by atoms with Crippen molar-refractivity contribution in [1.29, 1.82) is 0 Å². The van der Waals surface area contributed by atoms with Crippen molar-refractivity contribution in [3.8, 4) is 0 Å². The number of aromatic amines is 1. The van der Waals surface area contributed by atoms with Gasteiger partial charge in [0.1, 0.15) is 11.9 Å². The maximum atomic E-state index is 12.3. The fraction of sp³-hybridized carbons (Fsp3) is 0.333. The van der Waals surface area contributed by atoms with Crippen molar-refractivity contribution in [2.24, 2.45) is 0 Å². The standard InChI is InChI=1S/C15H17N5O3/c1-2-3-8-20-12-10(13(21)19-15(20)23)11(17-14(22)18-12)9-6-4-5-7-16-9/h4-7,11H,2-3,8H2,1H3,(H2,17,18,22)(H,19,21,23). The number of hydrogen-bond acceptors (Lipinski definition) is 4. The molecule has 3 heterocycles. The first-order valence-electron chi connectivity index (χ1n) is 7.47. The fourth-order valence-corrected chi connectivity index (χ4v) is 2.63. The molecule has 8 heteroatoms. The quantitative estimate of drug-likeness (QED) is 0.780.